The van der Waals surface area contributed by atoms with Crippen LogP contribution in [0.25, 0.3) is 11.0 Å². The predicted octanol–water partition coefficient (Wildman–Crippen LogP) is 1.71. The van der Waals surface area contributed by atoms with Crippen molar-refractivity contribution in [3.8, 4) is 0 Å². The lowest BCUT2D eigenvalue weighted by molar-refractivity contribution is -0.384. The van der Waals surface area contributed by atoms with Gasteiger partial charge in [-0.05, 0) is 12.1 Å². The number of fused-ring (bicyclic) bond motifs is 1. The van der Waals surface area contributed by atoms with Gasteiger partial charge in [0.05, 0.1) is 16.0 Å². The fourth-order valence-electron chi connectivity index (χ4n) is 2.19. The summed E-state index contributed by atoms with van der Waals surface area (Å²) in [6.45, 7) is 0.226. The first-order valence-corrected chi connectivity index (χ1v) is 6.62. The average molecular weight is 394 g/mol. The first-order chi connectivity index (χ1) is 11.0. The van der Waals surface area contributed by atoms with Crippen molar-refractivity contribution < 1.29 is 4.92 Å². The topological polar surface area (TPSA) is 134 Å². The highest BCUT2D eigenvalue weighted by molar-refractivity contribution is 8.93. The molecule has 0 aliphatic rings. The van der Waals surface area contributed by atoms with Crippen LogP contribution in [0.3, 0.4) is 0 Å². The highest BCUT2D eigenvalue weighted by Crippen LogP contribution is 2.22. The number of non-ortho nitro benzene ring substituents is 1. The minimum absolute atomic E-state index is 0. The third-order valence-electron chi connectivity index (χ3n) is 3.27. The van der Waals surface area contributed by atoms with Gasteiger partial charge in [0, 0.05) is 42.3 Å². The number of aromatic nitrogens is 3. The van der Waals surface area contributed by atoms with Crippen LogP contribution in [0.4, 0.5) is 11.4 Å². The Morgan fingerprint density at radius 1 is 1.12 bits per heavy atom. The third-order valence-corrected chi connectivity index (χ3v) is 3.27. The van der Waals surface area contributed by atoms with Gasteiger partial charge in [-0.3, -0.25) is 24.7 Å². The highest BCUT2D eigenvalue weighted by atomic mass is 79.9. The summed E-state index contributed by atoms with van der Waals surface area (Å²) in [6, 6.07) is 6.04. The van der Waals surface area contributed by atoms with Crippen molar-refractivity contribution in [3.05, 3.63) is 73.0 Å². The van der Waals surface area contributed by atoms with E-state index < -0.39 is 16.0 Å². The molecule has 2 heterocycles. The van der Waals surface area contributed by atoms with Crippen molar-refractivity contribution in [1.29, 1.82) is 0 Å². The molecule has 0 fully saturated rings. The summed E-state index contributed by atoms with van der Waals surface area (Å²) in [5, 5.41) is 14.1. The van der Waals surface area contributed by atoms with Gasteiger partial charge >= 0.3 is 11.1 Å². The zero-order chi connectivity index (χ0) is 16.4. The van der Waals surface area contributed by atoms with Gasteiger partial charge in [0.15, 0.2) is 0 Å². The number of nitrogens with one attached hydrogen (secondary N) is 3. The number of rotatable bonds is 4. The first-order valence-electron chi connectivity index (χ1n) is 6.62. The van der Waals surface area contributed by atoms with Crippen LogP contribution < -0.4 is 16.4 Å². The standard InChI is InChI=1S/C14H11N5O4.BrH/c20-13-14(21)18-12-8(7-16-9-1-3-15-4-2-9)5-10(19(22)23)6-11(12)17-13;/h1-6H,7H2,(H,15,16)(H,17,20)(H,18,21);1H. The second kappa shape index (κ2) is 7.04. The van der Waals surface area contributed by atoms with E-state index in [0.717, 1.165) is 5.69 Å². The second-order valence-electron chi connectivity index (χ2n) is 4.78. The number of nitro groups is 1. The van der Waals surface area contributed by atoms with Gasteiger partial charge in [-0.1, -0.05) is 0 Å². The molecule has 0 unspecified atom stereocenters. The molecule has 0 atom stereocenters. The molecule has 3 rings (SSSR count). The molecule has 1 aromatic carbocycles. The van der Waals surface area contributed by atoms with Crippen molar-refractivity contribution in [2.75, 3.05) is 5.32 Å². The van der Waals surface area contributed by atoms with E-state index in [0.29, 0.717) is 11.1 Å². The number of hydrogen-bond acceptors (Lipinski definition) is 6. The predicted molar refractivity (Wildman–Crippen MR) is 93.7 cm³/mol. The van der Waals surface area contributed by atoms with Crippen LogP contribution in [-0.2, 0) is 6.54 Å². The van der Waals surface area contributed by atoms with Crippen LogP contribution in [0, 0.1) is 10.1 Å². The molecule has 0 aliphatic carbocycles. The lowest BCUT2D eigenvalue weighted by Gasteiger charge is -2.09. The number of hydrogen-bond donors (Lipinski definition) is 3. The summed E-state index contributed by atoms with van der Waals surface area (Å²) in [4.78, 5) is 42.1. The Kier molecular flexibility index (Phi) is 5.09. The summed E-state index contributed by atoms with van der Waals surface area (Å²) in [7, 11) is 0. The normalized spacial score (nSPS) is 10.2. The Bertz CT molecular complexity index is 999. The molecule has 10 heteroatoms. The smallest absolute Gasteiger partial charge is 0.314 e. The van der Waals surface area contributed by atoms with Gasteiger partial charge in [-0.15, -0.1) is 17.0 Å². The maximum absolute atomic E-state index is 11.5. The van der Waals surface area contributed by atoms with Crippen LogP contribution in [-0.4, -0.2) is 19.9 Å². The van der Waals surface area contributed by atoms with Crippen LogP contribution in [0.1, 0.15) is 5.56 Å². The van der Waals surface area contributed by atoms with E-state index in [4.69, 9.17) is 0 Å². The second-order valence-corrected chi connectivity index (χ2v) is 4.78. The molecule has 3 aromatic rings. The van der Waals surface area contributed by atoms with E-state index in [1.807, 2.05) is 0 Å². The molecule has 124 valence electrons. The molecule has 0 amide bonds. The molecule has 0 bridgehead atoms. The van der Waals surface area contributed by atoms with Crippen molar-refractivity contribution in [2.45, 2.75) is 6.54 Å². The molecule has 3 N–H and O–H groups in total. The monoisotopic (exact) mass is 393 g/mol. The molecular weight excluding hydrogens is 382 g/mol. The number of nitro benzene ring substituents is 1. The summed E-state index contributed by atoms with van der Waals surface area (Å²) < 4.78 is 0. The van der Waals surface area contributed by atoms with Gasteiger partial charge < -0.3 is 15.3 Å². The van der Waals surface area contributed by atoms with Crippen molar-refractivity contribution >= 4 is 39.4 Å². The first kappa shape index (κ1) is 17.3. The summed E-state index contributed by atoms with van der Waals surface area (Å²) in [5.74, 6) is 0. The fraction of sp³-hybridized carbons (Fsp3) is 0.0714. The van der Waals surface area contributed by atoms with Crippen molar-refractivity contribution in [3.63, 3.8) is 0 Å². The largest absolute Gasteiger partial charge is 0.381 e. The lowest BCUT2D eigenvalue weighted by atomic mass is 10.1. The van der Waals surface area contributed by atoms with Gasteiger partial charge in [0.1, 0.15) is 0 Å². The van der Waals surface area contributed by atoms with Crippen molar-refractivity contribution in [1.82, 2.24) is 15.0 Å². The zero-order valence-electron chi connectivity index (χ0n) is 12.1. The number of aromatic amines is 2. The van der Waals surface area contributed by atoms with E-state index in [1.54, 1.807) is 24.5 Å². The summed E-state index contributed by atoms with van der Waals surface area (Å²) >= 11 is 0. The number of H-pyrrole nitrogens is 2. The zero-order valence-corrected chi connectivity index (χ0v) is 13.8. The molecule has 0 spiro atoms. The molecule has 24 heavy (non-hydrogen) atoms. The maximum atomic E-state index is 11.5. The quantitative estimate of drug-likeness (QED) is 0.350. The molecule has 0 saturated heterocycles. The summed E-state index contributed by atoms with van der Waals surface area (Å²) in [6.07, 6.45) is 3.21. The van der Waals surface area contributed by atoms with Crippen LogP contribution in [0.15, 0.2) is 46.2 Å². The van der Waals surface area contributed by atoms with E-state index in [-0.39, 0.29) is 34.7 Å². The Morgan fingerprint density at radius 3 is 2.46 bits per heavy atom. The SMILES string of the molecule is Br.O=c1[nH]c2cc([N+](=O)[O-])cc(CNc3ccncc3)c2[nH]c1=O. The molecule has 0 saturated carbocycles. The number of halogens is 1. The van der Waals surface area contributed by atoms with Crippen LogP contribution >= 0.6 is 17.0 Å². The number of anilines is 1. The van der Waals surface area contributed by atoms with Crippen LogP contribution in [0.5, 0.6) is 0 Å². The molecule has 0 aliphatic heterocycles. The van der Waals surface area contributed by atoms with Crippen LogP contribution in [0.2, 0.25) is 0 Å². The van der Waals surface area contributed by atoms with Gasteiger partial charge in [0.25, 0.3) is 5.69 Å². The third kappa shape index (κ3) is 3.49. The molecule has 0 radical (unpaired) electrons. The van der Waals surface area contributed by atoms with E-state index in [2.05, 4.69) is 20.3 Å². The van der Waals surface area contributed by atoms with E-state index >= 15 is 0 Å². The minimum atomic E-state index is -0.856. The molecule has 9 nitrogen and oxygen atoms in total. The Hall–Kier alpha value is -3.01. The Morgan fingerprint density at radius 2 is 1.79 bits per heavy atom. The summed E-state index contributed by atoms with van der Waals surface area (Å²) in [5.41, 5.74) is -0.0304. The Balaban J connectivity index is 0.00000208. The highest BCUT2D eigenvalue weighted by Gasteiger charge is 2.13. The fourth-order valence-corrected chi connectivity index (χ4v) is 2.19. The van der Waals surface area contributed by atoms with Gasteiger partial charge in [0.2, 0.25) is 0 Å². The van der Waals surface area contributed by atoms with Crippen molar-refractivity contribution in [2.24, 2.45) is 0 Å². The van der Waals surface area contributed by atoms with Gasteiger partial charge in [-0.2, -0.15) is 0 Å². The number of benzene rings is 1. The lowest BCUT2D eigenvalue weighted by Crippen LogP contribution is -2.29. The number of nitrogens with zero attached hydrogens (tertiary/aromatic N) is 2. The van der Waals surface area contributed by atoms with Gasteiger partial charge in [-0.25, -0.2) is 0 Å². The van der Waals surface area contributed by atoms with E-state index in [1.165, 1.54) is 12.1 Å². The molecular formula is C14H12BrN5O4. The average Bonchev–Trinajstić information content (AvgIpc) is 2.54. The molecule has 2 aromatic heterocycles. The minimum Gasteiger partial charge on any atom is -0.381 e. The van der Waals surface area contributed by atoms with E-state index in [9.17, 15) is 19.7 Å². The Labute approximate surface area is 144 Å². The maximum Gasteiger partial charge on any atom is 0.314 e. The number of pyridine rings is 1.